The number of hydrogen-bond donors (Lipinski definition) is 2. The van der Waals surface area contributed by atoms with Crippen LogP contribution >= 0.6 is 35.7 Å². The minimum Gasteiger partial charge on any atom is -0.355 e. The smallest absolute Gasteiger partial charge is 0.243 e. The minimum absolute atomic E-state index is 0. The van der Waals surface area contributed by atoms with Gasteiger partial charge in [0.2, 0.25) is 10.0 Å². The van der Waals surface area contributed by atoms with Gasteiger partial charge in [-0.2, -0.15) is 16.1 Å². The van der Waals surface area contributed by atoms with Gasteiger partial charge in [-0.3, -0.25) is 4.99 Å². The third kappa shape index (κ3) is 6.71. The van der Waals surface area contributed by atoms with Crippen LogP contribution in [-0.2, 0) is 16.6 Å². The summed E-state index contributed by atoms with van der Waals surface area (Å²) in [7, 11) is 0.265. The van der Waals surface area contributed by atoms with Crippen molar-refractivity contribution in [3.63, 3.8) is 0 Å². The number of sulfonamides is 1. The van der Waals surface area contributed by atoms with Crippen LogP contribution in [0.2, 0.25) is 0 Å². The van der Waals surface area contributed by atoms with Crippen LogP contribution in [0.5, 0.6) is 0 Å². The molecule has 1 aromatic carbocycles. The van der Waals surface area contributed by atoms with Crippen molar-refractivity contribution in [2.45, 2.75) is 29.5 Å². The van der Waals surface area contributed by atoms with Gasteiger partial charge < -0.3 is 15.5 Å². The standard InChI is InChI=1S/C19H31N5O2S2.HI/c1-20-19(22-15-17-7-5-13-27-17)21-14-16-6-3-4-8-18(16)28(25,26)24-11-9-23(2)10-12-24;/h3-4,6,8,17H,5,7,9-15H2,1-2H3,(H2,20,21,22);1H. The second-order valence-electron chi connectivity index (χ2n) is 7.26. The topological polar surface area (TPSA) is 77.0 Å². The zero-order chi connectivity index (χ0) is 20.0. The number of nitrogens with zero attached hydrogens (tertiary/aromatic N) is 3. The highest BCUT2D eigenvalue weighted by atomic mass is 127. The van der Waals surface area contributed by atoms with Gasteiger partial charge in [0.25, 0.3) is 0 Å². The molecule has 1 aromatic rings. The predicted octanol–water partition coefficient (Wildman–Crippen LogP) is 1.80. The zero-order valence-corrected chi connectivity index (χ0v) is 21.1. The van der Waals surface area contributed by atoms with Gasteiger partial charge in [-0.05, 0) is 37.3 Å². The van der Waals surface area contributed by atoms with Crippen molar-refractivity contribution in [2.75, 3.05) is 52.6 Å². The predicted molar refractivity (Wildman–Crippen MR) is 132 cm³/mol. The number of rotatable bonds is 6. The molecule has 0 aliphatic carbocycles. The third-order valence-corrected chi connectivity index (χ3v) is 8.64. The molecule has 29 heavy (non-hydrogen) atoms. The summed E-state index contributed by atoms with van der Waals surface area (Å²) < 4.78 is 27.9. The van der Waals surface area contributed by atoms with Gasteiger partial charge in [0.15, 0.2) is 5.96 Å². The van der Waals surface area contributed by atoms with Crippen molar-refractivity contribution in [3.05, 3.63) is 29.8 Å². The Morgan fingerprint density at radius 3 is 2.59 bits per heavy atom. The average Bonchev–Trinajstić information content (AvgIpc) is 3.22. The fourth-order valence-electron chi connectivity index (χ4n) is 3.48. The average molecular weight is 554 g/mol. The number of piperazine rings is 1. The van der Waals surface area contributed by atoms with E-state index in [1.165, 1.54) is 18.6 Å². The van der Waals surface area contributed by atoms with Crippen LogP contribution in [0.1, 0.15) is 18.4 Å². The summed E-state index contributed by atoms with van der Waals surface area (Å²) in [4.78, 5) is 6.81. The highest BCUT2D eigenvalue weighted by Crippen LogP contribution is 2.25. The first-order valence-corrected chi connectivity index (χ1v) is 12.3. The number of likely N-dealkylation sites (N-methyl/N-ethyl adjacent to an activating group) is 1. The number of guanidine groups is 1. The molecule has 2 aliphatic rings. The summed E-state index contributed by atoms with van der Waals surface area (Å²) in [5, 5.41) is 7.26. The first-order chi connectivity index (χ1) is 13.5. The molecule has 10 heteroatoms. The first kappa shape index (κ1) is 24.7. The molecule has 1 atom stereocenters. The Labute approximate surface area is 196 Å². The second kappa shape index (κ2) is 11.7. The molecule has 0 saturated carbocycles. The molecule has 164 valence electrons. The normalized spacial score (nSPS) is 21.6. The monoisotopic (exact) mass is 553 g/mol. The Hall–Kier alpha value is -0.560. The Morgan fingerprint density at radius 2 is 1.93 bits per heavy atom. The van der Waals surface area contributed by atoms with Crippen LogP contribution in [0.15, 0.2) is 34.2 Å². The maximum atomic E-state index is 13.2. The highest BCUT2D eigenvalue weighted by molar-refractivity contribution is 14.0. The summed E-state index contributed by atoms with van der Waals surface area (Å²) >= 11 is 2.00. The minimum atomic E-state index is -3.49. The molecule has 7 nitrogen and oxygen atoms in total. The lowest BCUT2D eigenvalue weighted by molar-refractivity contribution is 0.222. The third-order valence-electron chi connectivity index (χ3n) is 5.24. The largest absolute Gasteiger partial charge is 0.355 e. The van der Waals surface area contributed by atoms with Crippen LogP contribution in [0.3, 0.4) is 0 Å². The van der Waals surface area contributed by atoms with E-state index in [2.05, 4.69) is 20.5 Å². The van der Waals surface area contributed by atoms with Crippen molar-refractivity contribution >= 4 is 51.7 Å². The van der Waals surface area contributed by atoms with Gasteiger partial charge in [0.05, 0.1) is 4.90 Å². The van der Waals surface area contributed by atoms with E-state index in [0.717, 1.165) is 25.2 Å². The number of thioether (sulfide) groups is 1. The zero-order valence-electron chi connectivity index (χ0n) is 17.1. The molecular formula is C19H32IN5O2S2. The van der Waals surface area contributed by atoms with E-state index in [1.807, 2.05) is 30.9 Å². The second-order valence-corrected chi connectivity index (χ2v) is 10.6. The number of aliphatic imine (C=N–C) groups is 1. The van der Waals surface area contributed by atoms with Crippen molar-refractivity contribution in [1.82, 2.24) is 19.8 Å². The van der Waals surface area contributed by atoms with Crippen LogP contribution in [0.4, 0.5) is 0 Å². The Kier molecular flexibility index (Phi) is 9.99. The van der Waals surface area contributed by atoms with Crippen molar-refractivity contribution < 1.29 is 8.42 Å². The summed E-state index contributed by atoms with van der Waals surface area (Å²) in [6, 6.07) is 7.24. The SMILES string of the molecule is CN=C(NCc1ccccc1S(=O)(=O)N1CCN(C)CC1)NCC1CCCS1.I. The summed E-state index contributed by atoms with van der Waals surface area (Å²) in [5.74, 6) is 1.94. The number of halogens is 1. The van der Waals surface area contributed by atoms with E-state index in [0.29, 0.717) is 35.7 Å². The number of benzene rings is 1. The van der Waals surface area contributed by atoms with Crippen molar-refractivity contribution in [3.8, 4) is 0 Å². The van der Waals surface area contributed by atoms with E-state index in [9.17, 15) is 8.42 Å². The van der Waals surface area contributed by atoms with Gasteiger partial charge in [-0.1, -0.05) is 18.2 Å². The van der Waals surface area contributed by atoms with Crippen LogP contribution < -0.4 is 10.6 Å². The summed E-state index contributed by atoms with van der Waals surface area (Å²) in [6.45, 7) is 3.88. The fourth-order valence-corrected chi connectivity index (χ4v) is 6.33. The summed E-state index contributed by atoms with van der Waals surface area (Å²) in [6.07, 6.45) is 2.52. The molecule has 0 aromatic heterocycles. The maximum Gasteiger partial charge on any atom is 0.243 e. The van der Waals surface area contributed by atoms with E-state index >= 15 is 0 Å². The van der Waals surface area contributed by atoms with Gasteiger partial charge >= 0.3 is 0 Å². The van der Waals surface area contributed by atoms with Crippen LogP contribution in [0, 0.1) is 0 Å². The molecule has 0 radical (unpaired) electrons. The van der Waals surface area contributed by atoms with E-state index < -0.39 is 10.0 Å². The molecule has 2 aliphatic heterocycles. The Balaban J connectivity index is 0.00000300. The van der Waals surface area contributed by atoms with E-state index in [1.54, 1.807) is 23.5 Å². The molecule has 0 amide bonds. The Bertz CT molecular complexity index is 777. The molecule has 0 bridgehead atoms. The van der Waals surface area contributed by atoms with Crippen LogP contribution in [-0.4, -0.2) is 81.4 Å². The molecular weight excluding hydrogens is 521 g/mol. The molecule has 3 rings (SSSR count). The lowest BCUT2D eigenvalue weighted by Crippen LogP contribution is -2.47. The van der Waals surface area contributed by atoms with E-state index in [4.69, 9.17) is 0 Å². The number of hydrogen-bond acceptors (Lipinski definition) is 5. The maximum absolute atomic E-state index is 13.2. The van der Waals surface area contributed by atoms with Gasteiger partial charge in [0.1, 0.15) is 0 Å². The fraction of sp³-hybridized carbons (Fsp3) is 0.632. The Morgan fingerprint density at radius 1 is 1.21 bits per heavy atom. The van der Waals surface area contributed by atoms with Gasteiger partial charge in [-0.25, -0.2) is 8.42 Å². The molecule has 2 saturated heterocycles. The quantitative estimate of drug-likeness (QED) is 0.318. The molecule has 2 N–H and O–H groups in total. The summed E-state index contributed by atoms with van der Waals surface area (Å²) in [5.41, 5.74) is 0.764. The van der Waals surface area contributed by atoms with Crippen molar-refractivity contribution in [1.29, 1.82) is 0 Å². The number of nitrogens with one attached hydrogen (secondary N) is 2. The molecule has 2 fully saturated rings. The van der Waals surface area contributed by atoms with Crippen molar-refractivity contribution in [2.24, 2.45) is 4.99 Å². The van der Waals surface area contributed by atoms with Gasteiger partial charge in [-0.15, -0.1) is 24.0 Å². The lowest BCUT2D eigenvalue weighted by atomic mass is 10.2. The molecule has 2 heterocycles. The van der Waals surface area contributed by atoms with Crippen LogP contribution in [0.25, 0.3) is 0 Å². The molecule has 1 unspecified atom stereocenters. The first-order valence-electron chi connectivity index (χ1n) is 9.83. The lowest BCUT2D eigenvalue weighted by Gasteiger charge is -2.32. The van der Waals surface area contributed by atoms with Gasteiger partial charge in [0, 0.05) is 51.6 Å². The highest BCUT2D eigenvalue weighted by Gasteiger charge is 2.29. The van der Waals surface area contributed by atoms with E-state index in [-0.39, 0.29) is 24.0 Å². The molecule has 0 spiro atoms.